The highest BCUT2D eigenvalue weighted by Gasteiger charge is 2.70. The summed E-state index contributed by atoms with van der Waals surface area (Å²) < 4.78 is 0. The lowest BCUT2D eigenvalue weighted by Crippen LogP contribution is -2.66. The number of carbonyl (C=O) groups is 3. The van der Waals surface area contributed by atoms with E-state index >= 15 is 0 Å². The Morgan fingerprint density at radius 2 is 1.57 bits per heavy atom. The summed E-state index contributed by atoms with van der Waals surface area (Å²) in [5.74, 6) is -0.741. The van der Waals surface area contributed by atoms with Crippen LogP contribution in [0.1, 0.15) is 112 Å². The molecule has 1 unspecified atom stereocenters. The Hall–Kier alpha value is -2.67. The fourth-order valence-electron chi connectivity index (χ4n) is 11.8. The molecule has 4 N–H and O–H groups in total. The van der Waals surface area contributed by atoms with Crippen molar-refractivity contribution in [1.82, 2.24) is 5.32 Å². The zero-order valence-corrected chi connectivity index (χ0v) is 28.9. The van der Waals surface area contributed by atoms with Crippen molar-refractivity contribution in [2.45, 2.75) is 125 Å². The number of rotatable bonds is 5. The predicted octanol–water partition coefficient (Wildman–Crippen LogP) is 6.85. The Morgan fingerprint density at radius 3 is 2.22 bits per heavy atom. The minimum absolute atomic E-state index is 0.0229. The maximum atomic E-state index is 14.6. The molecular weight excluding hydrogens is 578 g/mol. The number of aliphatic hydroxyl groups excluding tert-OH is 1. The Balaban J connectivity index is 1.31. The molecule has 0 bridgehead atoms. The van der Waals surface area contributed by atoms with Gasteiger partial charge in [-0.05, 0) is 120 Å². The van der Waals surface area contributed by atoms with Crippen LogP contribution < -0.4 is 5.32 Å². The topological polar surface area (TPSA) is 124 Å². The fourth-order valence-corrected chi connectivity index (χ4v) is 11.8. The van der Waals surface area contributed by atoms with Crippen molar-refractivity contribution < 1.29 is 29.7 Å². The van der Waals surface area contributed by atoms with E-state index in [4.69, 9.17) is 0 Å². The fraction of sp³-hybridized carbons (Fsp3) is 0.718. The molecule has 0 aromatic heterocycles. The molecule has 0 radical (unpaired) electrons. The van der Waals surface area contributed by atoms with Crippen LogP contribution in [0.3, 0.4) is 0 Å². The molecule has 1 aromatic rings. The highest BCUT2D eigenvalue weighted by molar-refractivity contribution is 5.96. The molecule has 1 amide bonds. The first-order valence-electron chi connectivity index (χ1n) is 17.6. The molecule has 0 aliphatic heterocycles. The summed E-state index contributed by atoms with van der Waals surface area (Å²) in [6.45, 7) is 15.8. The first-order chi connectivity index (χ1) is 21.3. The van der Waals surface area contributed by atoms with Gasteiger partial charge in [0.25, 0.3) is 0 Å². The third kappa shape index (κ3) is 4.72. The van der Waals surface area contributed by atoms with Gasteiger partial charge in [-0.25, -0.2) is 4.79 Å². The minimum Gasteiger partial charge on any atom is -0.508 e. The number of amides is 1. The second-order valence-electron chi connectivity index (χ2n) is 17.9. The zero-order chi connectivity index (χ0) is 33.7. The molecule has 7 heteroatoms. The van der Waals surface area contributed by atoms with E-state index in [9.17, 15) is 29.7 Å². The number of hydrogen-bond donors (Lipinski definition) is 4. The summed E-state index contributed by atoms with van der Waals surface area (Å²) >= 11 is 0. The number of phenols is 1. The number of fused-ring (bicyclic) bond motifs is 7. The van der Waals surface area contributed by atoms with Gasteiger partial charge in [0.15, 0.2) is 5.78 Å². The zero-order valence-electron chi connectivity index (χ0n) is 28.9. The molecule has 46 heavy (non-hydrogen) atoms. The third-order valence-electron chi connectivity index (χ3n) is 15.1. The summed E-state index contributed by atoms with van der Waals surface area (Å²) in [6.07, 6.45) is 9.52. The van der Waals surface area contributed by atoms with E-state index in [0.29, 0.717) is 12.8 Å². The van der Waals surface area contributed by atoms with Crippen LogP contribution in [-0.4, -0.2) is 45.1 Å². The lowest BCUT2D eigenvalue weighted by atomic mass is 9.33. The van der Waals surface area contributed by atoms with Crippen molar-refractivity contribution in [2.75, 3.05) is 0 Å². The van der Waals surface area contributed by atoms with E-state index in [1.54, 1.807) is 12.1 Å². The van der Waals surface area contributed by atoms with E-state index in [-0.39, 0.29) is 74.8 Å². The number of carboxylic acid groups (broad SMARTS) is 1. The Morgan fingerprint density at radius 1 is 0.913 bits per heavy atom. The number of benzene rings is 1. The molecule has 4 saturated carbocycles. The second kappa shape index (κ2) is 10.7. The van der Waals surface area contributed by atoms with Gasteiger partial charge in [-0.2, -0.15) is 0 Å². The molecule has 0 saturated heterocycles. The van der Waals surface area contributed by atoms with Crippen molar-refractivity contribution >= 4 is 17.7 Å². The summed E-state index contributed by atoms with van der Waals surface area (Å²) in [4.78, 5) is 40.9. The molecule has 5 aliphatic rings. The summed E-state index contributed by atoms with van der Waals surface area (Å²) in [6, 6.07) is 5.32. The third-order valence-corrected chi connectivity index (χ3v) is 15.1. The normalized spacial score (nSPS) is 43.6. The molecule has 6 rings (SSSR count). The van der Waals surface area contributed by atoms with Crippen LogP contribution in [0.2, 0.25) is 0 Å². The molecule has 252 valence electrons. The van der Waals surface area contributed by atoms with Crippen LogP contribution in [0.5, 0.6) is 5.75 Å². The van der Waals surface area contributed by atoms with Gasteiger partial charge in [-0.15, -0.1) is 0 Å². The van der Waals surface area contributed by atoms with Crippen molar-refractivity contribution in [3.8, 4) is 5.75 Å². The van der Waals surface area contributed by atoms with E-state index in [0.717, 1.165) is 50.5 Å². The van der Waals surface area contributed by atoms with E-state index in [2.05, 4.69) is 46.9 Å². The predicted molar refractivity (Wildman–Crippen MR) is 177 cm³/mol. The molecule has 4 fully saturated rings. The van der Waals surface area contributed by atoms with Gasteiger partial charge in [0.05, 0.1) is 6.10 Å². The number of aromatic hydroxyl groups is 1. The first-order valence-corrected chi connectivity index (χ1v) is 17.6. The molecule has 1 aromatic carbocycles. The van der Waals surface area contributed by atoms with Crippen LogP contribution >= 0.6 is 0 Å². The minimum atomic E-state index is -1.09. The summed E-state index contributed by atoms with van der Waals surface area (Å²) in [7, 11) is 0. The summed E-state index contributed by atoms with van der Waals surface area (Å²) in [5.41, 5.74) is 0.352. The first kappa shape index (κ1) is 33.2. The van der Waals surface area contributed by atoms with Gasteiger partial charge in [0.1, 0.15) is 11.8 Å². The van der Waals surface area contributed by atoms with Gasteiger partial charge in [-0.3, -0.25) is 9.59 Å². The quantitative estimate of drug-likeness (QED) is 0.281. The van der Waals surface area contributed by atoms with Crippen molar-refractivity contribution in [3.05, 3.63) is 41.5 Å². The number of allylic oxidation sites excluding steroid dienone is 2. The Kier molecular flexibility index (Phi) is 7.71. The van der Waals surface area contributed by atoms with E-state index < -0.39 is 17.4 Å². The number of carboxylic acids is 1. The van der Waals surface area contributed by atoms with Gasteiger partial charge in [-0.1, -0.05) is 66.2 Å². The molecular formula is C39H55NO6. The maximum Gasteiger partial charge on any atom is 0.326 e. The average Bonchev–Trinajstić information content (AvgIpc) is 2.98. The monoisotopic (exact) mass is 633 g/mol. The Labute approximate surface area is 274 Å². The molecule has 5 aliphatic carbocycles. The standard InChI is InChI=1S/C39H55NO6/c1-34(2)29-12-15-39(7)31(37(29,5)14-13-30(34)43)28(42)21-25-26-22-36(4,17-16-35(26,3)18-19-38(25,39)6)33(46)40-27(32(44)45)20-23-8-10-24(41)11-9-23/h8-11,21,26-27,29-31,41,43H,12-20,22H2,1-7H3,(H,40,46)(H,44,45)/t26-,27?,29-,30-,31+,35+,36-,37-,38+,39+/m0/s1. The molecule has 0 heterocycles. The number of phenolic OH excluding ortho intramolecular Hbond substituents is 1. The maximum absolute atomic E-state index is 14.6. The largest absolute Gasteiger partial charge is 0.508 e. The average molecular weight is 634 g/mol. The van der Waals surface area contributed by atoms with Crippen LogP contribution in [0, 0.1) is 50.2 Å². The highest BCUT2D eigenvalue weighted by Crippen LogP contribution is 2.75. The number of hydrogen-bond acceptors (Lipinski definition) is 5. The van der Waals surface area contributed by atoms with Gasteiger partial charge in [0, 0.05) is 17.8 Å². The molecule has 0 spiro atoms. The lowest BCUT2D eigenvalue weighted by molar-refractivity contribution is -0.202. The van der Waals surface area contributed by atoms with Crippen molar-refractivity contribution in [3.63, 3.8) is 0 Å². The highest BCUT2D eigenvalue weighted by atomic mass is 16.4. The molecule has 10 atom stereocenters. The Bertz CT molecular complexity index is 1460. The number of aliphatic carboxylic acids is 1. The number of aliphatic hydroxyl groups is 1. The van der Waals surface area contributed by atoms with Gasteiger partial charge in [0.2, 0.25) is 5.91 Å². The van der Waals surface area contributed by atoms with Crippen LogP contribution in [-0.2, 0) is 20.8 Å². The van der Waals surface area contributed by atoms with Crippen molar-refractivity contribution in [1.29, 1.82) is 0 Å². The number of nitrogens with one attached hydrogen (secondary N) is 1. The van der Waals surface area contributed by atoms with Crippen LogP contribution in [0.25, 0.3) is 0 Å². The smallest absolute Gasteiger partial charge is 0.326 e. The second-order valence-corrected chi connectivity index (χ2v) is 17.9. The number of ketones is 1. The van der Waals surface area contributed by atoms with Crippen LogP contribution in [0.4, 0.5) is 0 Å². The van der Waals surface area contributed by atoms with Gasteiger partial charge >= 0.3 is 5.97 Å². The van der Waals surface area contributed by atoms with Gasteiger partial charge < -0.3 is 20.6 Å². The van der Waals surface area contributed by atoms with E-state index in [1.807, 2.05) is 13.0 Å². The number of carbonyl (C=O) groups excluding carboxylic acids is 2. The van der Waals surface area contributed by atoms with Crippen molar-refractivity contribution in [2.24, 2.45) is 50.2 Å². The summed E-state index contributed by atoms with van der Waals surface area (Å²) in [5, 5.41) is 33.5. The molecule has 7 nitrogen and oxygen atoms in total. The SMILES string of the molecule is CC1(C)[C@@H](O)CC[C@]2(C)[C@H]3C(=O)C=C4[C@@H]5C[C@@](C)(C(=O)NC(Cc6ccc(O)cc6)C(=O)O)CC[C@]5(C)CC[C@@]4(C)[C@]3(C)CC[C@@H]12. The lowest BCUT2D eigenvalue weighted by Gasteiger charge is -2.70. The van der Waals surface area contributed by atoms with Crippen LogP contribution in [0.15, 0.2) is 35.9 Å². The van der Waals surface area contributed by atoms with E-state index in [1.165, 1.54) is 17.7 Å².